The van der Waals surface area contributed by atoms with Crippen molar-refractivity contribution in [1.82, 2.24) is 0 Å². The minimum Gasteiger partial charge on any atom is -0.497 e. The Labute approximate surface area is 113 Å². The van der Waals surface area contributed by atoms with Gasteiger partial charge in [-0.05, 0) is 36.4 Å². The van der Waals surface area contributed by atoms with E-state index in [-0.39, 0.29) is 0 Å². The van der Waals surface area contributed by atoms with E-state index in [1.165, 1.54) is 11.1 Å². The van der Waals surface area contributed by atoms with Crippen LogP contribution in [0.2, 0.25) is 0 Å². The molecule has 1 unspecified atom stereocenters. The van der Waals surface area contributed by atoms with E-state index in [2.05, 4.69) is 31.4 Å². The first kappa shape index (κ1) is 14.5. The summed E-state index contributed by atoms with van der Waals surface area (Å²) in [4.78, 5) is 0. The van der Waals surface area contributed by atoms with Gasteiger partial charge in [0.25, 0.3) is 0 Å². The van der Waals surface area contributed by atoms with E-state index in [9.17, 15) is 0 Å². The zero-order chi connectivity index (χ0) is 12.7. The van der Waals surface area contributed by atoms with E-state index in [1.54, 1.807) is 7.11 Å². The first-order chi connectivity index (χ1) is 8.15. The third kappa shape index (κ3) is 5.51. The number of thioether (sulfide) groups is 1. The Morgan fingerprint density at radius 3 is 2.59 bits per heavy atom. The van der Waals surface area contributed by atoms with Crippen molar-refractivity contribution in [3.05, 3.63) is 40.8 Å². The molecule has 0 N–H and O–H groups in total. The number of halogens is 1. The van der Waals surface area contributed by atoms with Crippen molar-refractivity contribution in [3.63, 3.8) is 0 Å². The maximum atomic E-state index is 5.73. The van der Waals surface area contributed by atoms with E-state index >= 15 is 0 Å². The molecule has 1 aromatic rings. The molecule has 0 heterocycles. The van der Waals surface area contributed by atoms with Crippen molar-refractivity contribution >= 4 is 23.4 Å². The average Bonchev–Trinajstić information content (AvgIpc) is 2.36. The van der Waals surface area contributed by atoms with Crippen molar-refractivity contribution in [2.75, 3.05) is 13.0 Å². The molecule has 0 saturated heterocycles. The standard InChI is InChI=1S/C14H19ClOS/c1-11(9-15)10-17-12(2)8-13-4-6-14(16-3)7-5-13/h4-7,10,12H,8-9H2,1-3H3/b11-10+. The van der Waals surface area contributed by atoms with Crippen LogP contribution in [0.25, 0.3) is 0 Å². The quantitative estimate of drug-likeness (QED) is 0.704. The lowest BCUT2D eigenvalue weighted by Gasteiger charge is -2.09. The van der Waals surface area contributed by atoms with E-state index < -0.39 is 0 Å². The molecule has 1 rings (SSSR count). The maximum Gasteiger partial charge on any atom is 0.118 e. The van der Waals surface area contributed by atoms with E-state index in [0.717, 1.165) is 12.2 Å². The number of rotatable bonds is 6. The van der Waals surface area contributed by atoms with Gasteiger partial charge in [0.05, 0.1) is 7.11 Å². The van der Waals surface area contributed by atoms with Gasteiger partial charge < -0.3 is 4.74 Å². The number of hydrogen-bond donors (Lipinski definition) is 0. The van der Waals surface area contributed by atoms with Crippen LogP contribution in [0.4, 0.5) is 0 Å². The van der Waals surface area contributed by atoms with Gasteiger partial charge in [0.1, 0.15) is 5.75 Å². The number of methoxy groups -OCH3 is 1. The van der Waals surface area contributed by atoms with E-state index in [4.69, 9.17) is 16.3 Å². The first-order valence-electron chi connectivity index (χ1n) is 5.65. The molecule has 1 nitrogen and oxygen atoms in total. The van der Waals surface area contributed by atoms with Crippen LogP contribution in [0, 0.1) is 0 Å². The van der Waals surface area contributed by atoms with Crippen molar-refractivity contribution in [1.29, 1.82) is 0 Å². The topological polar surface area (TPSA) is 9.23 Å². The Morgan fingerprint density at radius 1 is 1.41 bits per heavy atom. The molecule has 1 atom stereocenters. The highest BCUT2D eigenvalue weighted by Crippen LogP contribution is 2.20. The predicted molar refractivity (Wildman–Crippen MR) is 78.2 cm³/mol. The van der Waals surface area contributed by atoms with Crippen LogP contribution in [0.5, 0.6) is 5.75 Å². The Kier molecular flexibility index (Phi) is 6.53. The zero-order valence-corrected chi connectivity index (χ0v) is 12.1. The SMILES string of the molecule is COc1ccc(CC(C)S/C=C(\C)CCl)cc1. The fraction of sp³-hybridized carbons (Fsp3) is 0.429. The van der Waals surface area contributed by atoms with Gasteiger partial charge >= 0.3 is 0 Å². The van der Waals surface area contributed by atoms with Crippen LogP contribution in [0.15, 0.2) is 35.2 Å². The largest absolute Gasteiger partial charge is 0.497 e. The molecule has 1 aromatic carbocycles. The molecule has 0 aromatic heterocycles. The summed E-state index contributed by atoms with van der Waals surface area (Å²) in [6.45, 7) is 4.28. The molecule has 0 saturated carbocycles. The highest BCUT2D eigenvalue weighted by atomic mass is 35.5. The maximum absolute atomic E-state index is 5.73. The number of hydrogen-bond acceptors (Lipinski definition) is 2. The molecular weight excluding hydrogens is 252 g/mol. The Morgan fingerprint density at radius 2 is 2.06 bits per heavy atom. The highest BCUT2D eigenvalue weighted by Gasteiger charge is 2.03. The second kappa shape index (κ2) is 7.67. The van der Waals surface area contributed by atoms with Crippen molar-refractivity contribution in [2.24, 2.45) is 0 Å². The Bertz CT molecular complexity index is 359. The Hall–Kier alpha value is -0.600. The lowest BCUT2D eigenvalue weighted by molar-refractivity contribution is 0.414. The van der Waals surface area contributed by atoms with Crippen molar-refractivity contribution in [2.45, 2.75) is 25.5 Å². The fourth-order valence-electron chi connectivity index (χ4n) is 1.41. The van der Waals surface area contributed by atoms with Crippen LogP contribution >= 0.6 is 23.4 Å². The molecule has 3 heteroatoms. The first-order valence-corrected chi connectivity index (χ1v) is 7.13. The number of benzene rings is 1. The lowest BCUT2D eigenvalue weighted by Crippen LogP contribution is -2.00. The molecule has 0 aliphatic rings. The van der Waals surface area contributed by atoms with Crippen molar-refractivity contribution in [3.8, 4) is 5.75 Å². The monoisotopic (exact) mass is 270 g/mol. The summed E-state index contributed by atoms with van der Waals surface area (Å²) >= 11 is 7.57. The minimum atomic E-state index is 0.557. The van der Waals surface area contributed by atoms with Gasteiger partial charge in [-0.1, -0.05) is 24.6 Å². The van der Waals surface area contributed by atoms with Gasteiger partial charge in [0, 0.05) is 11.1 Å². The summed E-state index contributed by atoms with van der Waals surface area (Å²) in [5.41, 5.74) is 2.56. The van der Waals surface area contributed by atoms with E-state index in [0.29, 0.717) is 11.1 Å². The molecule has 94 valence electrons. The van der Waals surface area contributed by atoms with Crippen LogP contribution < -0.4 is 4.74 Å². The number of ether oxygens (including phenoxy) is 1. The van der Waals surface area contributed by atoms with E-state index in [1.807, 2.05) is 23.9 Å². The van der Waals surface area contributed by atoms with Gasteiger partial charge in [0.15, 0.2) is 0 Å². The van der Waals surface area contributed by atoms with Crippen LogP contribution in [0.3, 0.4) is 0 Å². The van der Waals surface area contributed by atoms with Crippen molar-refractivity contribution < 1.29 is 4.74 Å². The average molecular weight is 271 g/mol. The summed E-state index contributed by atoms with van der Waals surface area (Å²) in [6.07, 6.45) is 1.06. The van der Waals surface area contributed by atoms with Gasteiger partial charge in [-0.15, -0.1) is 23.4 Å². The molecule has 0 aliphatic carbocycles. The molecular formula is C14H19ClOS. The molecule has 0 spiro atoms. The Balaban J connectivity index is 2.47. The van der Waals surface area contributed by atoms with Gasteiger partial charge in [0.2, 0.25) is 0 Å². The summed E-state index contributed by atoms with van der Waals surface area (Å²) in [6, 6.07) is 8.25. The minimum absolute atomic E-state index is 0.557. The second-order valence-electron chi connectivity index (χ2n) is 4.10. The molecule has 0 bridgehead atoms. The summed E-state index contributed by atoms with van der Waals surface area (Å²) in [5.74, 6) is 1.52. The summed E-state index contributed by atoms with van der Waals surface area (Å²) in [5, 5.41) is 2.71. The van der Waals surface area contributed by atoms with Crippen LogP contribution in [0.1, 0.15) is 19.4 Å². The fourth-order valence-corrected chi connectivity index (χ4v) is 2.41. The number of allylic oxidation sites excluding steroid dienone is 1. The van der Waals surface area contributed by atoms with Crippen LogP contribution in [-0.2, 0) is 6.42 Å². The molecule has 0 aliphatic heterocycles. The van der Waals surface area contributed by atoms with Gasteiger partial charge in [-0.2, -0.15) is 0 Å². The molecule has 0 radical (unpaired) electrons. The predicted octanol–water partition coefficient (Wildman–Crippen LogP) is 4.50. The summed E-state index contributed by atoms with van der Waals surface area (Å²) < 4.78 is 5.14. The third-order valence-corrected chi connectivity index (χ3v) is 3.99. The molecule has 17 heavy (non-hydrogen) atoms. The summed E-state index contributed by atoms with van der Waals surface area (Å²) in [7, 11) is 1.69. The smallest absolute Gasteiger partial charge is 0.118 e. The number of alkyl halides is 1. The molecule has 0 amide bonds. The molecule has 0 fully saturated rings. The lowest BCUT2D eigenvalue weighted by atomic mass is 10.1. The highest BCUT2D eigenvalue weighted by molar-refractivity contribution is 8.02. The third-order valence-electron chi connectivity index (χ3n) is 2.39. The van der Waals surface area contributed by atoms with Gasteiger partial charge in [-0.25, -0.2) is 0 Å². The second-order valence-corrected chi connectivity index (χ2v) is 5.68. The normalized spacial score (nSPS) is 13.5. The van der Waals surface area contributed by atoms with Gasteiger partial charge in [-0.3, -0.25) is 0 Å². The van der Waals surface area contributed by atoms with Crippen LogP contribution in [-0.4, -0.2) is 18.2 Å². The zero-order valence-electron chi connectivity index (χ0n) is 10.6.